The molecule has 2 heterocycles. The Labute approximate surface area is 73.9 Å². The summed E-state index contributed by atoms with van der Waals surface area (Å²) in [6.45, 7) is 2.24. The summed E-state index contributed by atoms with van der Waals surface area (Å²) in [5.74, 6) is 1.26. The van der Waals surface area contributed by atoms with Crippen LogP contribution in [-0.4, -0.2) is 29.8 Å². The van der Waals surface area contributed by atoms with E-state index in [0.717, 1.165) is 25.2 Å². The van der Waals surface area contributed by atoms with Gasteiger partial charge in [-0.2, -0.15) is 0 Å². The molecule has 2 bridgehead atoms. The van der Waals surface area contributed by atoms with Gasteiger partial charge in [0.25, 0.3) is 0 Å². The molecule has 0 aliphatic carbocycles. The number of fused-ring (bicyclic) bond motifs is 2. The summed E-state index contributed by atoms with van der Waals surface area (Å²) in [5, 5.41) is 0. The van der Waals surface area contributed by atoms with E-state index in [2.05, 4.69) is 18.9 Å². The monoisotopic (exact) mass is 167 g/mol. The number of ketones is 1. The number of likely N-dealkylation sites (N-methyl/N-ethyl adjacent to an activating group) is 1. The summed E-state index contributed by atoms with van der Waals surface area (Å²) >= 11 is 0. The minimum absolute atomic E-state index is 0.272. The minimum atomic E-state index is 0.272. The summed E-state index contributed by atoms with van der Waals surface area (Å²) in [6, 6.07) is 0.978. The Kier molecular flexibility index (Phi) is 1.95. The molecule has 2 fully saturated rings. The fraction of sp³-hybridized carbons (Fsp3) is 0.900. The predicted molar refractivity (Wildman–Crippen MR) is 48.0 cm³/mol. The Morgan fingerprint density at radius 1 is 1.58 bits per heavy atom. The average Bonchev–Trinajstić information content (AvgIpc) is 2.26. The molecule has 0 aromatic carbocycles. The van der Waals surface area contributed by atoms with Crippen molar-refractivity contribution in [2.45, 2.75) is 44.7 Å². The Bertz CT molecular complexity index is 202. The van der Waals surface area contributed by atoms with Crippen LogP contribution in [0.1, 0.15) is 32.6 Å². The minimum Gasteiger partial charge on any atom is -0.298 e. The highest BCUT2D eigenvalue weighted by atomic mass is 16.1. The van der Waals surface area contributed by atoms with E-state index in [1.54, 1.807) is 0 Å². The molecule has 0 spiro atoms. The summed E-state index contributed by atoms with van der Waals surface area (Å²) in [7, 11) is 2.11. The number of Topliss-reactive ketones (excluding diaryl/α,β-unsaturated/α-hetero) is 1. The second kappa shape index (κ2) is 2.84. The first kappa shape index (κ1) is 8.24. The van der Waals surface area contributed by atoms with Gasteiger partial charge in [0.15, 0.2) is 0 Å². The van der Waals surface area contributed by atoms with Gasteiger partial charge in [-0.05, 0) is 25.8 Å². The Balaban J connectivity index is 2.18. The molecule has 2 heteroatoms. The smallest absolute Gasteiger partial charge is 0.150 e. The molecule has 0 aromatic rings. The van der Waals surface area contributed by atoms with Gasteiger partial charge in [-0.3, -0.25) is 9.69 Å². The number of hydrogen-bond acceptors (Lipinski definition) is 2. The van der Waals surface area contributed by atoms with Crippen molar-refractivity contribution in [1.29, 1.82) is 0 Å². The van der Waals surface area contributed by atoms with E-state index in [-0.39, 0.29) is 6.04 Å². The van der Waals surface area contributed by atoms with Crippen molar-refractivity contribution < 1.29 is 4.79 Å². The Hall–Kier alpha value is -0.370. The van der Waals surface area contributed by atoms with Gasteiger partial charge < -0.3 is 0 Å². The number of rotatable bonds is 1. The van der Waals surface area contributed by atoms with Crippen molar-refractivity contribution in [3.05, 3.63) is 0 Å². The van der Waals surface area contributed by atoms with Crippen LogP contribution in [0, 0.1) is 5.92 Å². The highest BCUT2D eigenvalue weighted by molar-refractivity contribution is 5.85. The van der Waals surface area contributed by atoms with Crippen LogP contribution in [0.15, 0.2) is 0 Å². The third-order valence-electron chi connectivity index (χ3n) is 3.67. The maximum absolute atomic E-state index is 11.5. The molecule has 3 atom stereocenters. The maximum atomic E-state index is 11.5. The Morgan fingerprint density at radius 3 is 2.92 bits per heavy atom. The lowest BCUT2D eigenvalue weighted by molar-refractivity contribution is -0.125. The number of carbonyl (C=O) groups excluding carboxylic acids is 1. The molecule has 0 N–H and O–H groups in total. The van der Waals surface area contributed by atoms with E-state index >= 15 is 0 Å². The summed E-state index contributed by atoms with van der Waals surface area (Å²) < 4.78 is 0. The molecule has 0 radical (unpaired) electrons. The molecule has 0 aromatic heterocycles. The largest absolute Gasteiger partial charge is 0.298 e. The molecule has 2 aliphatic rings. The number of carbonyl (C=O) groups is 1. The van der Waals surface area contributed by atoms with E-state index < -0.39 is 0 Å². The van der Waals surface area contributed by atoms with E-state index in [1.165, 1.54) is 6.42 Å². The Morgan fingerprint density at radius 2 is 2.33 bits per heavy atom. The summed E-state index contributed by atoms with van der Waals surface area (Å²) in [6.07, 6.45) is 4.29. The van der Waals surface area contributed by atoms with Crippen molar-refractivity contribution in [2.24, 2.45) is 5.92 Å². The molecule has 2 aliphatic heterocycles. The molecule has 0 saturated carbocycles. The van der Waals surface area contributed by atoms with Crippen LogP contribution in [0.3, 0.4) is 0 Å². The van der Waals surface area contributed by atoms with Crippen LogP contribution < -0.4 is 0 Å². The molecule has 2 nitrogen and oxygen atoms in total. The van der Waals surface area contributed by atoms with Gasteiger partial charge in [-0.25, -0.2) is 0 Å². The van der Waals surface area contributed by atoms with Gasteiger partial charge in [0.1, 0.15) is 5.78 Å². The van der Waals surface area contributed by atoms with Crippen molar-refractivity contribution in [1.82, 2.24) is 4.90 Å². The highest BCUT2D eigenvalue weighted by Crippen LogP contribution is 2.38. The average molecular weight is 167 g/mol. The molecular weight excluding hydrogens is 150 g/mol. The van der Waals surface area contributed by atoms with Crippen molar-refractivity contribution in [2.75, 3.05) is 7.05 Å². The second-order valence-electron chi connectivity index (χ2n) is 4.16. The van der Waals surface area contributed by atoms with Gasteiger partial charge in [-0.1, -0.05) is 13.3 Å². The topological polar surface area (TPSA) is 20.3 Å². The zero-order chi connectivity index (χ0) is 8.72. The van der Waals surface area contributed by atoms with E-state index in [0.29, 0.717) is 11.8 Å². The van der Waals surface area contributed by atoms with Crippen LogP contribution in [-0.2, 0) is 4.79 Å². The van der Waals surface area contributed by atoms with E-state index in [9.17, 15) is 4.79 Å². The quantitative estimate of drug-likeness (QED) is 0.589. The van der Waals surface area contributed by atoms with Crippen LogP contribution in [0.2, 0.25) is 0 Å². The lowest BCUT2D eigenvalue weighted by Gasteiger charge is -2.31. The standard InChI is InChI=1S/C10H17NO/c1-3-7-6-9-10(12)5-4-8(7)11(9)2/h7-9H,3-6H2,1-2H3/t7-,8-,9-/m1/s1. The van der Waals surface area contributed by atoms with Crippen molar-refractivity contribution in [3.8, 4) is 0 Å². The molecule has 0 amide bonds. The van der Waals surface area contributed by atoms with Crippen molar-refractivity contribution in [3.63, 3.8) is 0 Å². The summed E-state index contributed by atoms with van der Waals surface area (Å²) in [5.41, 5.74) is 0. The third-order valence-corrected chi connectivity index (χ3v) is 3.67. The molecule has 12 heavy (non-hydrogen) atoms. The normalized spacial score (nSPS) is 42.2. The summed E-state index contributed by atoms with van der Waals surface area (Å²) in [4.78, 5) is 13.8. The molecule has 2 rings (SSSR count). The molecular formula is C10H17NO. The lowest BCUT2D eigenvalue weighted by atomic mass is 9.95. The van der Waals surface area contributed by atoms with Gasteiger partial charge >= 0.3 is 0 Å². The fourth-order valence-electron chi connectivity index (χ4n) is 2.87. The van der Waals surface area contributed by atoms with Gasteiger partial charge in [0.05, 0.1) is 6.04 Å². The number of hydrogen-bond donors (Lipinski definition) is 0. The van der Waals surface area contributed by atoms with Crippen LogP contribution in [0.25, 0.3) is 0 Å². The molecule has 0 unspecified atom stereocenters. The van der Waals surface area contributed by atoms with Crippen LogP contribution in [0.4, 0.5) is 0 Å². The molecule has 2 saturated heterocycles. The first-order valence-electron chi connectivity index (χ1n) is 4.98. The highest BCUT2D eigenvalue weighted by Gasteiger charge is 2.44. The SMILES string of the molecule is CC[C@@H]1C[C@@H]2C(=O)CC[C@H]1N2C. The van der Waals surface area contributed by atoms with Gasteiger partial charge in [-0.15, -0.1) is 0 Å². The molecule has 68 valence electrons. The fourth-order valence-corrected chi connectivity index (χ4v) is 2.87. The lowest BCUT2D eigenvalue weighted by Crippen LogP contribution is -2.43. The van der Waals surface area contributed by atoms with Crippen LogP contribution >= 0.6 is 0 Å². The first-order valence-corrected chi connectivity index (χ1v) is 4.98. The van der Waals surface area contributed by atoms with E-state index in [4.69, 9.17) is 0 Å². The third kappa shape index (κ3) is 1.01. The van der Waals surface area contributed by atoms with Gasteiger partial charge in [0.2, 0.25) is 0 Å². The first-order chi connectivity index (χ1) is 5.74. The number of piperidine rings is 1. The van der Waals surface area contributed by atoms with Crippen molar-refractivity contribution >= 4 is 5.78 Å². The second-order valence-corrected chi connectivity index (χ2v) is 4.16. The zero-order valence-corrected chi connectivity index (χ0v) is 7.92. The zero-order valence-electron chi connectivity index (χ0n) is 7.92. The number of nitrogens with zero attached hydrogens (tertiary/aromatic N) is 1. The van der Waals surface area contributed by atoms with Gasteiger partial charge in [0, 0.05) is 12.5 Å². The maximum Gasteiger partial charge on any atom is 0.150 e. The predicted octanol–water partition coefficient (Wildman–Crippen LogP) is 1.45. The van der Waals surface area contributed by atoms with E-state index in [1.807, 2.05) is 0 Å². The van der Waals surface area contributed by atoms with Crippen LogP contribution in [0.5, 0.6) is 0 Å².